The van der Waals surface area contributed by atoms with E-state index < -0.39 is 51.1 Å². The Morgan fingerprint density at radius 2 is 0.733 bits per heavy atom. The van der Waals surface area contributed by atoms with E-state index in [9.17, 15) is 23.8 Å². The molecule has 0 aliphatic carbocycles. The van der Waals surface area contributed by atoms with E-state index in [-0.39, 0.29) is 19.4 Å². The maximum absolute atomic E-state index is 12.7. The Morgan fingerprint density at radius 3 is 1.05 bits per heavy atom. The average Bonchev–Trinajstić information content (AvgIpc) is 3.22. The highest BCUT2D eigenvalue weighted by Gasteiger charge is 2.28. The first-order chi connectivity index (χ1) is 29.1. The smallest absolute Gasteiger partial charge is 0.472 e. The fraction of sp³-hybridized carbons (Fsp3) is 0.938. The van der Waals surface area contributed by atoms with Gasteiger partial charge in [-0.2, -0.15) is 0 Å². The summed E-state index contributed by atoms with van der Waals surface area (Å²) in [7, 11) is -4.71. The van der Waals surface area contributed by atoms with Gasteiger partial charge in [0.25, 0.3) is 0 Å². The number of phosphoric ester groups is 1. The monoisotopic (exact) mass is 876 g/mol. The number of unbranched alkanes of at least 4 members (excludes halogenated alkanes) is 34. The zero-order valence-electron chi connectivity index (χ0n) is 38.8. The molecule has 0 rings (SSSR count). The summed E-state index contributed by atoms with van der Waals surface area (Å²) < 4.78 is 32.8. The molecule has 0 aliphatic heterocycles. The molecular formula is C48H94NO10P. The van der Waals surface area contributed by atoms with Gasteiger partial charge in [0.05, 0.1) is 13.2 Å². The van der Waals surface area contributed by atoms with Gasteiger partial charge in [0.15, 0.2) is 6.10 Å². The van der Waals surface area contributed by atoms with E-state index in [4.69, 9.17) is 24.8 Å². The SMILES string of the molecule is CCCCCCCCCCCCCCCCCCCCCCCCCCC(=O)OC(COC(=O)CCCCCCCCCCCCCC)COP(=O)(O)OCC(N)C(=O)O. The van der Waals surface area contributed by atoms with Crippen molar-refractivity contribution < 1.29 is 47.5 Å². The van der Waals surface area contributed by atoms with Crippen LogP contribution in [0.15, 0.2) is 0 Å². The molecule has 0 bridgehead atoms. The fourth-order valence-electron chi connectivity index (χ4n) is 7.42. The predicted octanol–water partition coefficient (Wildman–Crippen LogP) is 13.9. The standard InChI is InChI=1S/C48H94NO10P/c1-3-5-7-9-11-13-15-17-18-19-20-21-22-23-24-25-26-27-28-30-32-34-36-38-40-47(51)59-44(42-57-60(54,55)58-43-45(49)48(52)53)41-56-46(50)39-37-35-33-31-29-16-14-12-10-8-6-4-2/h44-45H,3-43,49H2,1-2H3,(H,52,53)(H,54,55). The minimum atomic E-state index is -4.71. The maximum Gasteiger partial charge on any atom is 0.472 e. The van der Waals surface area contributed by atoms with Crippen LogP contribution >= 0.6 is 7.82 Å². The summed E-state index contributed by atoms with van der Waals surface area (Å²) in [5, 5.41) is 8.90. The summed E-state index contributed by atoms with van der Waals surface area (Å²) in [6.07, 6.45) is 44.6. The number of nitrogens with two attached hydrogens (primary N) is 1. The number of carbonyl (C=O) groups excluding carboxylic acids is 2. The molecule has 0 aliphatic rings. The highest BCUT2D eigenvalue weighted by atomic mass is 31.2. The van der Waals surface area contributed by atoms with Crippen molar-refractivity contribution in [1.82, 2.24) is 0 Å². The van der Waals surface area contributed by atoms with Gasteiger partial charge >= 0.3 is 25.7 Å². The number of hydrogen-bond donors (Lipinski definition) is 3. The highest BCUT2D eigenvalue weighted by molar-refractivity contribution is 7.47. The number of carboxylic acid groups (broad SMARTS) is 1. The second kappa shape index (κ2) is 44.1. The van der Waals surface area contributed by atoms with Gasteiger partial charge in [0, 0.05) is 12.8 Å². The highest BCUT2D eigenvalue weighted by Crippen LogP contribution is 2.43. The van der Waals surface area contributed by atoms with Gasteiger partial charge in [-0.15, -0.1) is 0 Å². The van der Waals surface area contributed by atoms with Crippen molar-refractivity contribution in [2.75, 3.05) is 19.8 Å². The zero-order valence-corrected chi connectivity index (χ0v) is 39.7. The summed E-state index contributed by atoms with van der Waals surface area (Å²) in [6, 6.07) is -1.52. The Bertz CT molecular complexity index is 1030. The van der Waals surface area contributed by atoms with Crippen LogP contribution in [0.1, 0.15) is 258 Å². The quantitative estimate of drug-likeness (QED) is 0.0302. The Labute approximate surface area is 367 Å². The van der Waals surface area contributed by atoms with Gasteiger partial charge in [-0.05, 0) is 12.8 Å². The molecule has 0 aromatic heterocycles. The molecule has 0 saturated carbocycles. The van der Waals surface area contributed by atoms with Crippen molar-refractivity contribution >= 4 is 25.7 Å². The van der Waals surface area contributed by atoms with Gasteiger partial charge < -0.3 is 25.2 Å². The van der Waals surface area contributed by atoms with E-state index in [0.29, 0.717) is 12.8 Å². The van der Waals surface area contributed by atoms with Crippen LogP contribution in [0.2, 0.25) is 0 Å². The molecule has 0 aromatic carbocycles. The third-order valence-corrected chi connectivity index (χ3v) is 12.3. The van der Waals surface area contributed by atoms with Gasteiger partial charge in [-0.1, -0.05) is 232 Å². The molecule has 11 nitrogen and oxygen atoms in total. The minimum absolute atomic E-state index is 0.170. The number of rotatable bonds is 48. The first-order valence-corrected chi connectivity index (χ1v) is 26.6. The second-order valence-corrected chi connectivity index (χ2v) is 18.8. The number of esters is 2. The molecule has 3 unspecified atom stereocenters. The Balaban J connectivity index is 4.13. The molecule has 0 fully saturated rings. The van der Waals surface area contributed by atoms with Crippen molar-refractivity contribution in [1.29, 1.82) is 0 Å². The maximum atomic E-state index is 12.7. The van der Waals surface area contributed by atoms with Crippen LogP contribution < -0.4 is 5.73 Å². The van der Waals surface area contributed by atoms with Gasteiger partial charge in [0.2, 0.25) is 0 Å². The van der Waals surface area contributed by atoms with Crippen LogP contribution in [-0.4, -0.2) is 59.9 Å². The van der Waals surface area contributed by atoms with Crippen LogP contribution in [0.3, 0.4) is 0 Å². The Kier molecular flexibility index (Phi) is 43.0. The molecule has 0 radical (unpaired) electrons. The van der Waals surface area contributed by atoms with E-state index in [1.807, 2.05) is 0 Å². The van der Waals surface area contributed by atoms with Gasteiger partial charge in [-0.25, -0.2) is 4.57 Å². The lowest BCUT2D eigenvalue weighted by atomic mass is 10.0. The van der Waals surface area contributed by atoms with Crippen molar-refractivity contribution in [3.8, 4) is 0 Å². The molecule has 0 saturated heterocycles. The van der Waals surface area contributed by atoms with Crippen molar-refractivity contribution in [3.05, 3.63) is 0 Å². The largest absolute Gasteiger partial charge is 0.480 e. The summed E-state index contributed by atoms with van der Waals surface area (Å²) >= 11 is 0. The summed E-state index contributed by atoms with van der Waals surface area (Å²) in [5.41, 5.74) is 5.34. The number of carboxylic acids is 1. The van der Waals surface area contributed by atoms with Crippen molar-refractivity contribution in [3.63, 3.8) is 0 Å². The predicted molar refractivity (Wildman–Crippen MR) is 245 cm³/mol. The molecule has 12 heteroatoms. The second-order valence-electron chi connectivity index (χ2n) is 17.3. The third-order valence-electron chi connectivity index (χ3n) is 11.4. The minimum Gasteiger partial charge on any atom is -0.480 e. The number of carbonyl (C=O) groups is 3. The zero-order chi connectivity index (χ0) is 44.2. The van der Waals surface area contributed by atoms with E-state index in [1.54, 1.807) is 0 Å². The Morgan fingerprint density at radius 1 is 0.450 bits per heavy atom. The first kappa shape index (κ1) is 58.5. The van der Waals surface area contributed by atoms with Crippen molar-refractivity contribution in [2.45, 2.75) is 270 Å². The number of aliphatic carboxylic acids is 1. The van der Waals surface area contributed by atoms with Crippen LogP contribution in [0.5, 0.6) is 0 Å². The van der Waals surface area contributed by atoms with Gasteiger partial charge in [-0.3, -0.25) is 23.4 Å². The third kappa shape index (κ3) is 43.1. The molecule has 0 amide bonds. The van der Waals surface area contributed by atoms with Crippen molar-refractivity contribution in [2.24, 2.45) is 5.73 Å². The molecule has 60 heavy (non-hydrogen) atoms. The van der Waals surface area contributed by atoms with E-state index in [2.05, 4.69) is 18.4 Å². The van der Waals surface area contributed by atoms with E-state index in [0.717, 1.165) is 38.5 Å². The van der Waals surface area contributed by atoms with Crippen LogP contribution in [0.4, 0.5) is 0 Å². The summed E-state index contributed by atoms with van der Waals surface area (Å²) in [6.45, 7) is 2.85. The fourth-order valence-corrected chi connectivity index (χ4v) is 8.20. The molecule has 0 heterocycles. The lowest BCUT2D eigenvalue weighted by Gasteiger charge is -2.20. The lowest BCUT2D eigenvalue weighted by Crippen LogP contribution is -2.34. The van der Waals surface area contributed by atoms with Gasteiger partial charge in [0.1, 0.15) is 12.6 Å². The topological polar surface area (TPSA) is 172 Å². The van der Waals surface area contributed by atoms with Crippen LogP contribution in [0, 0.1) is 0 Å². The number of ether oxygens (including phenoxy) is 2. The molecule has 356 valence electrons. The van der Waals surface area contributed by atoms with Crippen LogP contribution in [-0.2, 0) is 37.5 Å². The normalized spacial score (nSPS) is 13.5. The number of phosphoric acid groups is 1. The first-order valence-electron chi connectivity index (χ1n) is 25.1. The molecular weight excluding hydrogens is 781 g/mol. The summed E-state index contributed by atoms with van der Waals surface area (Å²) in [5.74, 6) is -2.35. The molecule has 3 atom stereocenters. The van der Waals surface area contributed by atoms with E-state index >= 15 is 0 Å². The molecule has 4 N–H and O–H groups in total. The average molecular weight is 876 g/mol. The molecule has 0 spiro atoms. The summed E-state index contributed by atoms with van der Waals surface area (Å²) in [4.78, 5) is 46.0. The lowest BCUT2D eigenvalue weighted by molar-refractivity contribution is -0.161. The van der Waals surface area contributed by atoms with E-state index in [1.165, 1.54) is 180 Å². The van der Waals surface area contributed by atoms with Crippen LogP contribution in [0.25, 0.3) is 0 Å². The number of hydrogen-bond acceptors (Lipinski definition) is 9. The molecule has 0 aromatic rings. The Hall–Kier alpha value is -1.52.